The van der Waals surface area contributed by atoms with Gasteiger partial charge in [-0.25, -0.2) is 0 Å². The van der Waals surface area contributed by atoms with Crippen LogP contribution in [-0.2, 0) is 0 Å². The van der Waals surface area contributed by atoms with Gasteiger partial charge in [0.25, 0.3) is 0 Å². The third-order valence-electron chi connectivity index (χ3n) is 11.5. The van der Waals surface area contributed by atoms with Crippen molar-refractivity contribution in [2.24, 2.45) is 0 Å². The lowest BCUT2D eigenvalue weighted by atomic mass is 9.33. The summed E-state index contributed by atoms with van der Waals surface area (Å²) in [4.78, 5) is 0. The summed E-state index contributed by atoms with van der Waals surface area (Å²) in [5.41, 5.74) is 10.3. The zero-order chi connectivity index (χ0) is 32.8. The number of hydrogen-bond donors (Lipinski definition) is 0. The Hall–Kier alpha value is -4.62. The first-order chi connectivity index (χ1) is 23.3. The second-order valence-corrected chi connectivity index (χ2v) is 15.4. The fourth-order valence-corrected chi connectivity index (χ4v) is 9.18. The molecule has 0 radical (unpaired) electrons. The van der Waals surface area contributed by atoms with E-state index in [2.05, 4.69) is 157 Å². The fraction of sp³-hybridized carbons (Fsp3) is 0.234. The number of rotatable bonds is 6. The minimum Gasteiger partial charge on any atom is -0.0771 e. The highest BCUT2D eigenvalue weighted by Crippen LogP contribution is 2.37. The predicted octanol–water partition coefficient (Wildman–Crippen LogP) is 9.94. The maximum Gasteiger partial charge on any atom is 0.243 e. The first-order valence-electron chi connectivity index (χ1n) is 18.1. The lowest BCUT2D eigenvalue weighted by molar-refractivity contribution is 0.812. The van der Waals surface area contributed by atoms with Gasteiger partial charge < -0.3 is 0 Å². The maximum atomic E-state index is 2.55. The Morgan fingerprint density at radius 2 is 1.21 bits per heavy atom. The molecular weight excluding hydrogens is 575 g/mol. The fourth-order valence-electron chi connectivity index (χ4n) is 9.18. The molecule has 7 aromatic carbocycles. The monoisotopic (exact) mass is 618 g/mol. The predicted molar refractivity (Wildman–Crippen MR) is 211 cm³/mol. The quantitative estimate of drug-likeness (QED) is 0.129. The van der Waals surface area contributed by atoms with Crippen molar-refractivity contribution >= 4 is 72.3 Å². The second kappa shape index (κ2) is 11.0. The van der Waals surface area contributed by atoms with Crippen molar-refractivity contribution in [3.05, 3.63) is 142 Å². The Kier molecular flexibility index (Phi) is 6.74. The van der Waals surface area contributed by atoms with Gasteiger partial charge in [-0.05, 0) is 100.0 Å². The number of benzene rings is 7. The van der Waals surface area contributed by atoms with Gasteiger partial charge >= 0.3 is 0 Å². The summed E-state index contributed by atoms with van der Waals surface area (Å²) in [6, 6.07) is 37.8. The van der Waals surface area contributed by atoms with Crippen LogP contribution in [0.3, 0.4) is 0 Å². The average molecular weight is 619 g/mol. The third-order valence-corrected chi connectivity index (χ3v) is 11.5. The summed E-state index contributed by atoms with van der Waals surface area (Å²) in [6.07, 6.45) is 8.57. The Labute approximate surface area is 284 Å². The second-order valence-electron chi connectivity index (χ2n) is 15.4. The zero-order valence-corrected chi connectivity index (χ0v) is 29.1. The van der Waals surface area contributed by atoms with Gasteiger partial charge in [-0.2, -0.15) is 0 Å². The molecule has 0 spiro atoms. The molecule has 1 heteroatoms. The van der Waals surface area contributed by atoms with Crippen molar-refractivity contribution in [2.45, 2.75) is 71.6 Å². The lowest BCUT2D eigenvalue weighted by Gasteiger charge is -2.32. The SMILES string of the molecule is CC(C)c1cc(C(C)C)c(B(C2=c3ccc4cccc5c4c3C(C=C2)CC=5)c2ccc3ccc4cccc5ccc2c3c45)c(C(C)C)c1. The molecule has 0 aliphatic heterocycles. The Bertz CT molecular complexity index is 2530. The molecule has 0 saturated carbocycles. The summed E-state index contributed by atoms with van der Waals surface area (Å²) >= 11 is 0. The van der Waals surface area contributed by atoms with Gasteiger partial charge in [-0.15, -0.1) is 0 Å². The highest BCUT2D eigenvalue weighted by atomic mass is 14.3. The van der Waals surface area contributed by atoms with E-state index in [0.29, 0.717) is 23.7 Å². The molecular formula is C47H43B. The van der Waals surface area contributed by atoms with Gasteiger partial charge in [0.2, 0.25) is 6.71 Å². The summed E-state index contributed by atoms with van der Waals surface area (Å²) < 4.78 is 0. The molecule has 7 aromatic rings. The van der Waals surface area contributed by atoms with Crippen LogP contribution in [-0.4, -0.2) is 6.71 Å². The van der Waals surface area contributed by atoms with Crippen molar-refractivity contribution in [1.29, 1.82) is 0 Å². The molecule has 0 bridgehead atoms. The molecule has 2 aliphatic rings. The third kappa shape index (κ3) is 4.29. The minimum atomic E-state index is 0.0922. The molecule has 48 heavy (non-hydrogen) atoms. The summed E-state index contributed by atoms with van der Waals surface area (Å²) in [5.74, 6) is 1.69. The van der Waals surface area contributed by atoms with Crippen LogP contribution in [0.25, 0.3) is 54.6 Å². The van der Waals surface area contributed by atoms with Gasteiger partial charge in [0, 0.05) is 5.92 Å². The van der Waals surface area contributed by atoms with E-state index in [1.54, 1.807) is 0 Å². The number of allylic oxidation sites excluding steroid dienone is 2. The Morgan fingerprint density at radius 3 is 1.90 bits per heavy atom. The van der Waals surface area contributed by atoms with E-state index in [9.17, 15) is 0 Å². The van der Waals surface area contributed by atoms with E-state index in [1.807, 2.05) is 0 Å². The van der Waals surface area contributed by atoms with E-state index in [1.165, 1.54) is 92.2 Å². The van der Waals surface area contributed by atoms with Crippen molar-refractivity contribution in [1.82, 2.24) is 0 Å². The summed E-state index contributed by atoms with van der Waals surface area (Å²) in [5, 5.41) is 13.8. The van der Waals surface area contributed by atoms with Gasteiger partial charge in [0.1, 0.15) is 0 Å². The van der Waals surface area contributed by atoms with Crippen LogP contribution >= 0.6 is 0 Å². The van der Waals surface area contributed by atoms with Crippen molar-refractivity contribution in [3.8, 4) is 0 Å². The first kappa shape index (κ1) is 29.5. The normalized spacial score (nSPS) is 15.6. The Balaban J connectivity index is 1.48. The molecule has 0 nitrogen and oxygen atoms in total. The van der Waals surface area contributed by atoms with Gasteiger partial charge in [0.05, 0.1) is 0 Å². The van der Waals surface area contributed by atoms with E-state index < -0.39 is 0 Å². The van der Waals surface area contributed by atoms with Crippen LogP contribution in [0.2, 0.25) is 0 Å². The summed E-state index contributed by atoms with van der Waals surface area (Å²) in [6.45, 7) is 14.4. The maximum absolute atomic E-state index is 2.55. The molecule has 234 valence electrons. The molecule has 2 aliphatic carbocycles. The lowest BCUT2D eigenvalue weighted by Crippen LogP contribution is -2.50. The van der Waals surface area contributed by atoms with Crippen LogP contribution < -0.4 is 21.4 Å². The van der Waals surface area contributed by atoms with E-state index in [4.69, 9.17) is 0 Å². The molecule has 0 N–H and O–H groups in total. The largest absolute Gasteiger partial charge is 0.243 e. The molecule has 9 rings (SSSR count). The molecule has 0 fully saturated rings. The van der Waals surface area contributed by atoms with Crippen molar-refractivity contribution < 1.29 is 0 Å². The van der Waals surface area contributed by atoms with Gasteiger partial charge in [-0.1, -0.05) is 173 Å². The van der Waals surface area contributed by atoms with Crippen molar-refractivity contribution in [3.63, 3.8) is 0 Å². The van der Waals surface area contributed by atoms with Crippen LogP contribution in [0.4, 0.5) is 0 Å². The zero-order valence-electron chi connectivity index (χ0n) is 29.1. The van der Waals surface area contributed by atoms with Crippen LogP contribution in [0.15, 0.2) is 109 Å². The van der Waals surface area contributed by atoms with Crippen LogP contribution in [0.1, 0.15) is 93.9 Å². The first-order valence-corrected chi connectivity index (χ1v) is 18.1. The number of hydrogen-bond acceptors (Lipinski definition) is 0. The highest BCUT2D eigenvalue weighted by molar-refractivity contribution is 7.01. The minimum absolute atomic E-state index is 0.0922. The molecule has 1 unspecified atom stereocenters. The topological polar surface area (TPSA) is 0 Å². The standard InChI is InChI=1S/C47H43B/c1-27(2)36-25-39(28(3)4)47(40(26-36)29(5)6)48(41-23-19-34-15-13-30-9-7-11-32-17-21-37(41)45(34)43(30)32)42-24-20-35-16-14-31-10-8-12-33-18-22-38(42)46(35)44(31)33/h7-15,17-29,35H,16H2,1-6H3. The molecule has 1 atom stereocenters. The van der Waals surface area contributed by atoms with E-state index in [-0.39, 0.29) is 6.71 Å². The van der Waals surface area contributed by atoms with Gasteiger partial charge in [0.15, 0.2) is 0 Å². The highest BCUT2D eigenvalue weighted by Gasteiger charge is 2.34. The van der Waals surface area contributed by atoms with Crippen LogP contribution in [0, 0.1) is 0 Å². The molecule has 0 saturated heterocycles. The van der Waals surface area contributed by atoms with Crippen molar-refractivity contribution in [2.75, 3.05) is 0 Å². The molecule has 0 amide bonds. The smallest absolute Gasteiger partial charge is 0.0771 e. The summed E-state index contributed by atoms with van der Waals surface area (Å²) in [7, 11) is 0. The van der Waals surface area contributed by atoms with Gasteiger partial charge in [-0.3, -0.25) is 0 Å². The van der Waals surface area contributed by atoms with E-state index >= 15 is 0 Å². The molecule has 0 heterocycles. The Morgan fingerprint density at radius 1 is 0.604 bits per heavy atom. The van der Waals surface area contributed by atoms with Crippen LogP contribution in [0.5, 0.6) is 0 Å². The van der Waals surface area contributed by atoms with E-state index in [0.717, 1.165) is 6.42 Å². The molecule has 0 aromatic heterocycles. The average Bonchev–Trinajstić information content (AvgIpc) is 3.10.